The lowest BCUT2D eigenvalue weighted by Crippen LogP contribution is -2.53. The molecule has 1 fully saturated rings. The second-order valence-electron chi connectivity index (χ2n) is 16.6. The summed E-state index contributed by atoms with van der Waals surface area (Å²) in [7, 11) is -0.636. The molecule has 49 heavy (non-hydrogen) atoms. The average Bonchev–Trinajstić information content (AvgIpc) is 2.99. The fourth-order valence-corrected chi connectivity index (χ4v) is 13.5. The minimum atomic E-state index is -2.28. The summed E-state index contributed by atoms with van der Waals surface area (Å²) in [5, 5.41) is 0. The van der Waals surface area contributed by atoms with Crippen LogP contribution >= 0.6 is 0 Å². The molecule has 9 heteroatoms. The average molecular weight is 709 g/mol. The number of rotatable bonds is 21. The van der Waals surface area contributed by atoms with Gasteiger partial charge in [-0.3, -0.25) is 4.79 Å². The predicted molar refractivity (Wildman–Crippen MR) is 200 cm³/mol. The number of carbonyl (C=O) groups excluding carboxylic acids is 1. The molecule has 0 amide bonds. The van der Waals surface area contributed by atoms with E-state index in [0.29, 0.717) is 29.8 Å². The van der Waals surface area contributed by atoms with E-state index in [4.69, 9.17) is 32.8 Å². The van der Waals surface area contributed by atoms with Crippen LogP contribution in [-0.2, 0) is 44.2 Å². The number of hydrogen-bond acceptors (Lipinski definition) is 8. The van der Waals surface area contributed by atoms with Crippen molar-refractivity contribution in [2.24, 2.45) is 11.8 Å². The van der Waals surface area contributed by atoms with Crippen molar-refractivity contribution < 1.29 is 37.6 Å². The van der Waals surface area contributed by atoms with Gasteiger partial charge in [0.15, 0.2) is 5.79 Å². The van der Waals surface area contributed by atoms with Gasteiger partial charge in [-0.15, -0.1) is 0 Å². The van der Waals surface area contributed by atoms with Crippen LogP contribution < -0.4 is 0 Å². The molecule has 0 spiro atoms. The molecule has 0 unspecified atom stereocenters. The first-order valence-corrected chi connectivity index (χ1v) is 20.9. The SMILES string of the molecule is COCO[C@@H](CCOCc1ccccc1)C[C@H]1C[C@H](CC[C@@H](C)[C@H](O[Si](C(C)C)(C(C)C)C(C)C)[C@H](C)C(=O)OC(C)(C)C)OC(C)(C)O1. The minimum absolute atomic E-state index is 0.00777. The highest BCUT2D eigenvalue weighted by Gasteiger charge is 2.49. The number of benzene rings is 1. The summed E-state index contributed by atoms with van der Waals surface area (Å²) in [5.41, 5.74) is 1.82. The first kappa shape index (κ1) is 43.8. The first-order chi connectivity index (χ1) is 22.8. The summed E-state index contributed by atoms with van der Waals surface area (Å²) in [5.74, 6) is -1.18. The van der Waals surface area contributed by atoms with Crippen molar-refractivity contribution in [2.75, 3.05) is 20.5 Å². The Labute approximate surface area is 300 Å². The Kier molecular flexibility index (Phi) is 17.9. The topological polar surface area (TPSA) is 81.7 Å². The fraction of sp³-hybridized carbons (Fsp3) is 0.825. The second-order valence-corrected chi connectivity index (χ2v) is 22.1. The zero-order chi connectivity index (χ0) is 37.0. The quantitative estimate of drug-likeness (QED) is 0.0541. The molecule has 1 aromatic rings. The molecule has 284 valence electrons. The van der Waals surface area contributed by atoms with E-state index in [0.717, 1.165) is 37.7 Å². The smallest absolute Gasteiger partial charge is 0.311 e. The Balaban J connectivity index is 2.16. The van der Waals surface area contributed by atoms with Crippen LogP contribution in [0.25, 0.3) is 0 Å². The van der Waals surface area contributed by atoms with E-state index in [1.165, 1.54) is 0 Å². The second kappa shape index (κ2) is 20.1. The van der Waals surface area contributed by atoms with Gasteiger partial charge in [0.1, 0.15) is 12.4 Å². The number of ether oxygens (including phenoxy) is 6. The van der Waals surface area contributed by atoms with Gasteiger partial charge in [0, 0.05) is 26.6 Å². The maximum Gasteiger partial charge on any atom is 0.311 e. The van der Waals surface area contributed by atoms with Crippen LogP contribution in [0.15, 0.2) is 30.3 Å². The van der Waals surface area contributed by atoms with Gasteiger partial charge in [-0.25, -0.2) is 0 Å². The summed E-state index contributed by atoms with van der Waals surface area (Å²) in [6, 6.07) is 10.2. The van der Waals surface area contributed by atoms with Gasteiger partial charge in [0.25, 0.3) is 0 Å². The Bertz CT molecular complexity index is 1050. The van der Waals surface area contributed by atoms with E-state index < -0.39 is 19.7 Å². The molecule has 1 heterocycles. The normalized spacial score (nSPS) is 21.2. The zero-order valence-corrected chi connectivity index (χ0v) is 34.5. The van der Waals surface area contributed by atoms with Gasteiger partial charge in [-0.1, -0.05) is 78.8 Å². The van der Waals surface area contributed by atoms with E-state index >= 15 is 0 Å². The molecule has 0 saturated carbocycles. The minimum Gasteiger partial charge on any atom is -0.460 e. The van der Waals surface area contributed by atoms with Crippen molar-refractivity contribution in [3.63, 3.8) is 0 Å². The summed E-state index contributed by atoms with van der Waals surface area (Å²) in [6.45, 7) is 29.1. The monoisotopic (exact) mass is 708 g/mol. The Morgan fingerprint density at radius 1 is 0.918 bits per heavy atom. The van der Waals surface area contributed by atoms with Gasteiger partial charge in [0.05, 0.1) is 36.9 Å². The van der Waals surface area contributed by atoms with Crippen LogP contribution in [-0.4, -0.2) is 70.6 Å². The highest BCUT2D eigenvalue weighted by Crippen LogP contribution is 2.45. The number of methoxy groups -OCH3 is 1. The molecule has 0 aliphatic carbocycles. The van der Waals surface area contributed by atoms with Crippen LogP contribution in [0.1, 0.15) is 128 Å². The lowest BCUT2D eigenvalue weighted by Gasteiger charge is -2.47. The third kappa shape index (κ3) is 14.3. The number of esters is 1. The highest BCUT2D eigenvalue weighted by molar-refractivity contribution is 6.77. The third-order valence-electron chi connectivity index (χ3n) is 9.89. The van der Waals surface area contributed by atoms with E-state index in [9.17, 15) is 4.79 Å². The van der Waals surface area contributed by atoms with Crippen molar-refractivity contribution in [1.29, 1.82) is 0 Å². The van der Waals surface area contributed by atoms with Gasteiger partial charge in [0.2, 0.25) is 8.32 Å². The van der Waals surface area contributed by atoms with Crippen molar-refractivity contribution in [1.82, 2.24) is 0 Å². The van der Waals surface area contributed by atoms with Gasteiger partial charge in [-0.05, 0) is 88.9 Å². The Morgan fingerprint density at radius 3 is 2.06 bits per heavy atom. The molecule has 6 atom stereocenters. The maximum atomic E-state index is 13.5. The van der Waals surface area contributed by atoms with Crippen molar-refractivity contribution in [3.05, 3.63) is 35.9 Å². The first-order valence-electron chi connectivity index (χ1n) is 18.8. The van der Waals surface area contributed by atoms with Crippen LogP contribution in [0, 0.1) is 11.8 Å². The van der Waals surface area contributed by atoms with Crippen molar-refractivity contribution in [2.45, 2.75) is 181 Å². The Morgan fingerprint density at radius 2 is 1.51 bits per heavy atom. The van der Waals surface area contributed by atoms with Crippen LogP contribution in [0.3, 0.4) is 0 Å². The maximum absolute atomic E-state index is 13.5. The molecular weight excluding hydrogens is 637 g/mol. The predicted octanol–water partition coefficient (Wildman–Crippen LogP) is 9.84. The lowest BCUT2D eigenvalue weighted by atomic mass is 9.88. The van der Waals surface area contributed by atoms with Gasteiger partial charge in [-0.2, -0.15) is 0 Å². The summed E-state index contributed by atoms with van der Waals surface area (Å²) in [4.78, 5) is 13.5. The van der Waals surface area contributed by atoms with Crippen molar-refractivity contribution >= 4 is 14.3 Å². The lowest BCUT2D eigenvalue weighted by molar-refractivity contribution is -0.305. The van der Waals surface area contributed by atoms with E-state index in [1.807, 2.05) is 59.7 Å². The van der Waals surface area contributed by atoms with Crippen LogP contribution in [0.2, 0.25) is 16.6 Å². The summed E-state index contributed by atoms with van der Waals surface area (Å²) >= 11 is 0. The molecule has 1 aliphatic heterocycles. The number of hydrogen-bond donors (Lipinski definition) is 0. The summed E-state index contributed by atoms with van der Waals surface area (Å²) < 4.78 is 43.6. The summed E-state index contributed by atoms with van der Waals surface area (Å²) in [6.07, 6.45) is 3.60. The standard InChI is InChI=1S/C40H72O8Si/c1-28(2)49(29(3)4,30(5)6)48-37(32(8)38(41)47-39(9,10)11)31(7)20-21-35-25-36(46-40(12,13)45-35)24-34(44-27-42-14)22-23-43-26-33-18-16-15-17-19-33/h15-19,28-32,34-37H,20-27H2,1-14H3/t31-,32+,34+,35+,36+,37+/m1/s1. The molecule has 0 bridgehead atoms. The highest BCUT2D eigenvalue weighted by atomic mass is 28.4. The molecule has 1 saturated heterocycles. The molecular formula is C40H72O8Si. The molecule has 2 rings (SSSR count). The van der Waals surface area contributed by atoms with Crippen molar-refractivity contribution in [3.8, 4) is 0 Å². The molecule has 0 aromatic heterocycles. The molecule has 0 N–H and O–H groups in total. The van der Waals surface area contributed by atoms with E-state index in [1.54, 1.807) is 7.11 Å². The molecule has 0 radical (unpaired) electrons. The van der Waals surface area contributed by atoms with E-state index in [-0.39, 0.29) is 49.0 Å². The molecule has 8 nitrogen and oxygen atoms in total. The largest absolute Gasteiger partial charge is 0.460 e. The Hall–Kier alpha value is -1.33. The third-order valence-corrected chi connectivity index (χ3v) is 16.0. The van der Waals surface area contributed by atoms with Crippen LogP contribution in [0.5, 0.6) is 0 Å². The molecule has 1 aliphatic rings. The van der Waals surface area contributed by atoms with Gasteiger partial charge < -0.3 is 32.8 Å². The van der Waals surface area contributed by atoms with E-state index in [2.05, 4.69) is 60.6 Å². The fourth-order valence-electron chi connectivity index (χ4n) is 7.74. The van der Waals surface area contributed by atoms with Gasteiger partial charge >= 0.3 is 5.97 Å². The zero-order valence-electron chi connectivity index (χ0n) is 33.5. The number of carbonyl (C=O) groups is 1. The van der Waals surface area contributed by atoms with Crippen LogP contribution in [0.4, 0.5) is 0 Å². The molecule has 1 aromatic carbocycles.